The van der Waals surface area contributed by atoms with Gasteiger partial charge in [-0.15, -0.1) is 0 Å². The second-order valence-corrected chi connectivity index (χ2v) is 10.6. The van der Waals surface area contributed by atoms with Crippen molar-refractivity contribution in [3.05, 3.63) is 12.2 Å². The van der Waals surface area contributed by atoms with Crippen LogP contribution >= 0.6 is 25.3 Å². The molecule has 0 saturated heterocycles. The Hall–Kier alpha value is -0.660. The number of carboxylic acids is 1. The number of carbonyl (C=O) groups excluding carboxylic acids is 1. The van der Waals surface area contributed by atoms with E-state index in [0.29, 0.717) is 6.42 Å². The zero-order valence-corrected chi connectivity index (χ0v) is 22.6. The summed E-state index contributed by atoms with van der Waals surface area (Å²) in [5.74, 6) is -0.914. The fourth-order valence-electron chi connectivity index (χ4n) is 2.94. The Kier molecular flexibility index (Phi) is 23.2. The van der Waals surface area contributed by atoms with Gasteiger partial charge in [0.25, 0.3) is 0 Å². The Labute approximate surface area is 208 Å². The number of ether oxygens (including phenoxy) is 1. The Morgan fingerprint density at radius 3 is 2.03 bits per heavy atom. The molecule has 0 aromatic rings. The van der Waals surface area contributed by atoms with Crippen molar-refractivity contribution in [1.82, 2.24) is 0 Å². The minimum atomic E-state index is -1.00. The molecule has 0 radical (unpaired) electrons. The van der Waals surface area contributed by atoms with Crippen LogP contribution in [0.1, 0.15) is 111 Å². The first-order valence-electron chi connectivity index (χ1n) is 12.2. The number of aliphatic carboxylic acids is 1. The van der Waals surface area contributed by atoms with Crippen LogP contribution in [0, 0.1) is 0 Å². The number of carbonyl (C=O) groups is 2. The lowest BCUT2D eigenvalue weighted by Gasteiger charge is -2.21. The van der Waals surface area contributed by atoms with Gasteiger partial charge in [-0.1, -0.05) is 78.4 Å². The van der Waals surface area contributed by atoms with Gasteiger partial charge in [-0.05, 0) is 38.5 Å². The van der Waals surface area contributed by atoms with Crippen LogP contribution < -0.4 is 5.73 Å². The van der Waals surface area contributed by atoms with Crippen molar-refractivity contribution in [2.45, 2.75) is 128 Å². The molecule has 32 heavy (non-hydrogen) atoms. The van der Waals surface area contributed by atoms with Gasteiger partial charge in [-0.2, -0.15) is 25.3 Å². The number of hydrogen-bond donors (Lipinski definition) is 4. The highest BCUT2D eigenvalue weighted by molar-refractivity contribution is 7.81. The molecule has 0 aliphatic rings. The predicted molar refractivity (Wildman–Crippen MR) is 143 cm³/mol. The fourth-order valence-corrected chi connectivity index (χ4v) is 3.22. The predicted octanol–water partition coefficient (Wildman–Crippen LogP) is 6.60. The summed E-state index contributed by atoms with van der Waals surface area (Å²) in [5, 5.41) is 8.01. The van der Waals surface area contributed by atoms with Crippen LogP contribution in [0.25, 0.3) is 0 Å². The van der Waals surface area contributed by atoms with E-state index >= 15 is 0 Å². The maximum absolute atomic E-state index is 12.1. The molecule has 3 N–H and O–H groups in total. The van der Waals surface area contributed by atoms with Crippen LogP contribution in [0.5, 0.6) is 0 Å². The molecule has 0 aromatic carbocycles. The van der Waals surface area contributed by atoms with Crippen molar-refractivity contribution in [3.63, 3.8) is 0 Å². The van der Waals surface area contributed by atoms with Gasteiger partial charge in [0, 0.05) is 10.5 Å². The quantitative estimate of drug-likeness (QED) is 0.0750. The molecular formula is C25H49NO4S2. The Morgan fingerprint density at radius 1 is 0.969 bits per heavy atom. The van der Waals surface area contributed by atoms with E-state index in [1.807, 2.05) is 13.8 Å². The van der Waals surface area contributed by atoms with Crippen molar-refractivity contribution in [2.24, 2.45) is 5.73 Å². The van der Waals surface area contributed by atoms with Gasteiger partial charge in [-0.3, -0.25) is 9.59 Å². The highest BCUT2D eigenvalue weighted by Gasteiger charge is 2.21. The first-order valence-corrected chi connectivity index (χ1v) is 13.3. The molecule has 7 heteroatoms. The summed E-state index contributed by atoms with van der Waals surface area (Å²) in [6.45, 7) is 8.36. The summed E-state index contributed by atoms with van der Waals surface area (Å²) in [5.41, 5.74) is 4.94. The molecule has 0 saturated carbocycles. The number of allylic oxidation sites excluding steroid dienone is 2. The maximum atomic E-state index is 12.1. The number of thiol groups is 2. The van der Waals surface area contributed by atoms with Gasteiger partial charge in [-0.25, -0.2) is 0 Å². The summed E-state index contributed by atoms with van der Waals surface area (Å²) in [6.07, 6.45) is 19.2. The van der Waals surface area contributed by atoms with E-state index < -0.39 is 12.0 Å². The van der Waals surface area contributed by atoms with E-state index in [1.165, 1.54) is 38.5 Å². The van der Waals surface area contributed by atoms with E-state index in [9.17, 15) is 9.59 Å². The van der Waals surface area contributed by atoms with E-state index in [1.54, 1.807) is 0 Å². The van der Waals surface area contributed by atoms with Crippen molar-refractivity contribution in [2.75, 3.05) is 5.75 Å². The van der Waals surface area contributed by atoms with Crippen LogP contribution in [0.2, 0.25) is 0 Å². The number of unbranched alkanes of at least 4 members (excludes halogenated alkanes) is 7. The zero-order valence-electron chi connectivity index (χ0n) is 20.9. The minimum Gasteiger partial charge on any atom is -0.480 e. The summed E-state index contributed by atoms with van der Waals surface area (Å²) in [4.78, 5) is 21.9. The summed E-state index contributed by atoms with van der Waals surface area (Å²) in [6, 6.07) is -0.816. The normalized spacial score (nSPS) is 13.3. The van der Waals surface area contributed by atoms with Gasteiger partial charge in [0.15, 0.2) is 0 Å². The third-order valence-electron chi connectivity index (χ3n) is 4.79. The topological polar surface area (TPSA) is 89.6 Å². The number of carboxylic acid groups (broad SMARTS) is 1. The smallest absolute Gasteiger partial charge is 0.321 e. The van der Waals surface area contributed by atoms with Crippen LogP contribution in [0.4, 0.5) is 0 Å². The Balaban J connectivity index is 0. The lowest BCUT2D eigenvalue weighted by molar-refractivity contribution is -0.150. The van der Waals surface area contributed by atoms with Gasteiger partial charge >= 0.3 is 11.9 Å². The van der Waals surface area contributed by atoms with Gasteiger partial charge in [0.05, 0.1) is 6.42 Å². The molecule has 1 unspecified atom stereocenters. The first kappa shape index (κ1) is 33.5. The highest BCUT2D eigenvalue weighted by Crippen LogP contribution is 2.21. The lowest BCUT2D eigenvalue weighted by Crippen LogP contribution is -2.31. The van der Waals surface area contributed by atoms with Crippen molar-refractivity contribution < 1.29 is 19.4 Å². The number of rotatable bonds is 18. The van der Waals surface area contributed by atoms with Gasteiger partial charge in [0.1, 0.15) is 12.1 Å². The van der Waals surface area contributed by atoms with E-state index in [-0.39, 0.29) is 22.6 Å². The van der Waals surface area contributed by atoms with Crippen LogP contribution in [0.15, 0.2) is 12.2 Å². The standard InChI is InChI=1S/C22H42O2S.C3H7NO2S/c1-5-7-9-11-13-15-17-20(18-16-14-12-10-8-6-2)24-21(23)19-22(3,4)25;4-2(1-7)3(5)6/h9,11,20,25H,5-8,10,12-19H2,1-4H3;2,7H,1,4H2,(H,5,6)/t;2-/m.0/s1. The molecule has 5 nitrogen and oxygen atoms in total. The SMILES string of the molecule is CCCC=CCCCC(CCCCCCCC)OC(=O)CC(C)(C)S.N[C@@H](CS)C(=O)O. The summed E-state index contributed by atoms with van der Waals surface area (Å²) in [7, 11) is 0. The monoisotopic (exact) mass is 491 g/mol. The fraction of sp³-hybridized carbons (Fsp3) is 0.840. The number of esters is 1. The molecule has 0 bridgehead atoms. The van der Waals surface area contributed by atoms with Crippen LogP contribution in [0.3, 0.4) is 0 Å². The Bertz CT molecular complexity index is 493. The highest BCUT2D eigenvalue weighted by atomic mass is 32.1. The summed E-state index contributed by atoms with van der Waals surface area (Å²) >= 11 is 8.09. The van der Waals surface area contributed by atoms with Crippen LogP contribution in [-0.4, -0.2) is 39.7 Å². The molecule has 190 valence electrons. The average Bonchev–Trinajstić information content (AvgIpc) is 2.71. The lowest BCUT2D eigenvalue weighted by atomic mass is 10.0. The number of nitrogens with two attached hydrogens (primary N) is 1. The van der Waals surface area contributed by atoms with Crippen molar-refractivity contribution in [1.29, 1.82) is 0 Å². The molecule has 0 aromatic heterocycles. The third kappa shape index (κ3) is 25.6. The van der Waals surface area contributed by atoms with E-state index in [0.717, 1.165) is 38.5 Å². The second kappa shape index (κ2) is 22.1. The van der Waals surface area contributed by atoms with Crippen molar-refractivity contribution in [3.8, 4) is 0 Å². The molecule has 0 amide bonds. The van der Waals surface area contributed by atoms with Crippen LogP contribution in [-0.2, 0) is 14.3 Å². The molecule has 0 heterocycles. The first-order chi connectivity index (χ1) is 15.1. The molecule has 0 aliphatic carbocycles. The Morgan fingerprint density at radius 2 is 1.53 bits per heavy atom. The average molecular weight is 492 g/mol. The zero-order chi connectivity index (χ0) is 24.8. The molecule has 0 spiro atoms. The van der Waals surface area contributed by atoms with E-state index in [4.69, 9.17) is 15.6 Å². The second-order valence-electron chi connectivity index (χ2n) is 8.98. The van der Waals surface area contributed by atoms with Gasteiger partial charge in [0.2, 0.25) is 0 Å². The molecule has 2 atom stereocenters. The largest absolute Gasteiger partial charge is 0.480 e. The third-order valence-corrected chi connectivity index (χ3v) is 5.34. The summed E-state index contributed by atoms with van der Waals surface area (Å²) < 4.78 is 5.47. The van der Waals surface area contributed by atoms with E-state index in [2.05, 4.69) is 51.3 Å². The molecule has 0 fully saturated rings. The minimum absolute atomic E-state index is 0.0777. The molecule has 0 aliphatic heterocycles. The number of hydrogen-bond acceptors (Lipinski definition) is 6. The molecular weight excluding hydrogens is 442 g/mol. The maximum Gasteiger partial charge on any atom is 0.321 e. The van der Waals surface area contributed by atoms with Gasteiger partial charge < -0.3 is 15.6 Å². The molecule has 0 rings (SSSR count). The van der Waals surface area contributed by atoms with Crippen molar-refractivity contribution >= 4 is 37.2 Å².